The van der Waals surface area contributed by atoms with Crippen LogP contribution >= 0.6 is 0 Å². The monoisotopic (exact) mass is 251 g/mol. The van der Waals surface area contributed by atoms with Gasteiger partial charge in [0.2, 0.25) is 0 Å². The minimum Gasteiger partial charge on any atom is -0.328 e. The summed E-state index contributed by atoms with van der Waals surface area (Å²) in [5.41, 5.74) is 8.22. The maximum Gasteiger partial charge on any atom is 0.0563 e. The van der Waals surface area contributed by atoms with Crippen molar-refractivity contribution in [3.8, 4) is 0 Å². The first-order valence-corrected chi connectivity index (χ1v) is 7.52. The molecule has 0 heterocycles. The average Bonchev–Trinajstić information content (AvgIpc) is 2.32. The van der Waals surface area contributed by atoms with Crippen LogP contribution in [-0.4, -0.2) is 15.5 Å². The van der Waals surface area contributed by atoms with E-state index in [4.69, 9.17) is 5.73 Å². The van der Waals surface area contributed by atoms with E-state index < -0.39 is 10.8 Å². The molecule has 94 valence electrons. The van der Waals surface area contributed by atoms with Crippen LogP contribution in [0.3, 0.4) is 0 Å². The van der Waals surface area contributed by atoms with E-state index in [1.807, 2.05) is 6.92 Å². The average molecular weight is 251 g/mol. The molecule has 1 aliphatic rings. The zero-order valence-corrected chi connectivity index (χ0v) is 11.4. The van der Waals surface area contributed by atoms with E-state index >= 15 is 0 Å². The molecule has 0 saturated heterocycles. The molecular weight excluding hydrogens is 230 g/mol. The summed E-state index contributed by atoms with van der Waals surface area (Å²) in [7, 11) is -0.862. The number of rotatable bonds is 2. The molecule has 0 aliphatic heterocycles. The summed E-state index contributed by atoms with van der Waals surface area (Å²) in [5, 5.41) is 0.301. The predicted octanol–water partition coefficient (Wildman–Crippen LogP) is 2.68. The molecule has 0 spiro atoms. The zero-order chi connectivity index (χ0) is 12.4. The SMILES string of the molecule is Cc1ccc(C)c(S(=O)C2CCC(N)CC2)c1. The first-order valence-electron chi connectivity index (χ1n) is 6.31. The van der Waals surface area contributed by atoms with Gasteiger partial charge in [-0.3, -0.25) is 4.21 Å². The summed E-state index contributed by atoms with van der Waals surface area (Å²) in [5.74, 6) is 0. The van der Waals surface area contributed by atoms with Crippen molar-refractivity contribution in [2.24, 2.45) is 5.73 Å². The second-order valence-electron chi connectivity index (χ2n) is 5.10. The Morgan fingerprint density at radius 2 is 1.82 bits per heavy atom. The van der Waals surface area contributed by atoms with Gasteiger partial charge in [0.05, 0.1) is 10.8 Å². The lowest BCUT2D eigenvalue weighted by atomic mass is 9.96. The van der Waals surface area contributed by atoms with E-state index in [0.29, 0.717) is 11.3 Å². The predicted molar refractivity (Wildman–Crippen MR) is 72.6 cm³/mol. The second-order valence-corrected chi connectivity index (χ2v) is 6.80. The van der Waals surface area contributed by atoms with Crippen molar-refractivity contribution >= 4 is 10.8 Å². The van der Waals surface area contributed by atoms with Crippen molar-refractivity contribution in [2.45, 2.75) is 55.7 Å². The quantitative estimate of drug-likeness (QED) is 0.878. The Kier molecular flexibility index (Phi) is 4.00. The van der Waals surface area contributed by atoms with Crippen molar-refractivity contribution in [2.75, 3.05) is 0 Å². The van der Waals surface area contributed by atoms with E-state index in [0.717, 1.165) is 36.1 Å². The third kappa shape index (κ3) is 2.96. The maximum atomic E-state index is 12.5. The number of aryl methyl sites for hydroxylation is 2. The first kappa shape index (κ1) is 12.8. The summed E-state index contributed by atoms with van der Waals surface area (Å²) in [4.78, 5) is 1.02. The molecule has 3 heteroatoms. The Morgan fingerprint density at radius 1 is 1.18 bits per heavy atom. The molecule has 1 aromatic rings. The normalized spacial score (nSPS) is 26.8. The summed E-state index contributed by atoms with van der Waals surface area (Å²) < 4.78 is 12.5. The highest BCUT2D eigenvalue weighted by Gasteiger charge is 2.25. The van der Waals surface area contributed by atoms with Crippen molar-refractivity contribution < 1.29 is 4.21 Å². The van der Waals surface area contributed by atoms with Crippen LogP contribution in [0.1, 0.15) is 36.8 Å². The van der Waals surface area contributed by atoms with Crippen molar-refractivity contribution in [1.29, 1.82) is 0 Å². The van der Waals surface area contributed by atoms with Crippen LogP contribution in [-0.2, 0) is 10.8 Å². The van der Waals surface area contributed by atoms with Gasteiger partial charge in [-0.05, 0) is 56.7 Å². The van der Waals surface area contributed by atoms with Gasteiger partial charge in [-0.2, -0.15) is 0 Å². The van der Waals surface area contributed by atoms with Crippen LogP contribution in [0, 0.1) is 13.8 Å². The van der Waals surface area contributed by atoms with Gasteiger partial charge in [-0.25, -0.2) is 0 Å². The van der Waals surface area contributed by atoms with E-state index in [2.05, 4.69) is 25.1 Å². The third-order valence-corrected chi connectivity index (χ3v) is 5.53. The first-order chi connectivity index (χ1) is 8.08. The Hall–Kier alpha value is -0.670. The number of nitrogens with two attached hydrogens (primary N) is 1. The molecule has 0 bridgehead atoms. The third-order valence-electron chi connectivity index (χ3n) is 3.58. The largest absolute Gasteiger partial charge is 0.328 e. The zero-order valence-electron chi connectivity index (χ0n) is 10.6. The van der Waals surface area contributed by atoms with E-state index in [1.54, 1.807) is 0 Å². The summed E-state index contributed by atoms with van der Waals surface area (Å²) >= 11 is 0. The van der Waals surface area contributed by atoms with Gasteiger partial charge in [0, 0.05) is 16.2 Å². The van der Waals surface area contributed by atoms with Gasteiger partial charge in [0.1, 0.15) is 0 Å². The molecular formula is C14H21NOS. The molecule has 2 N–H and O–H groups in total. The molecule has 1 atom stereocenters. The lowest BCUT2D eigenvalue weighted by Gasteiger charge is -2.26. The molecule has 0 radical (unpaired) electrons. The fourth-order valence-corrected chi connectivity index (χ4v) is 4.15. The molecule has 2 nitrogen and oxygen atoms in total. The van der Waals surface area contributed by atoms with Crippen LogP contribution < -0.4 is 5.73 Å². The van der Waals surface area contributed by atoms with Crippen molar-refractivity contribution in [3.05, 3.63) is 29.3 Å². The van der Waals surface area contributed by atoms with Crippen LogP contribution in [0.2, 0.25) is 0 Å². The summed E-state index contributed by atoms with van der Waals surface area (Å²) in [6.45, 7) is 4.10. The van der Waals surface area contributed by atoms with Gasteiger partial charge in [-0.15, -0.1) is 0 Å². The Labute approximate surface area is 106 Å². The van der Waals surface area contributed by atoms with Crippen LogP contribution in [0.5, 0.6) is 0 Å². The lowest BCUT2D eigenvalue weighted by molar-refractivity contribution is 0.444. The smallest absolute Gasteiger partial charge is 0.0563 e. The Balaban J connectivity index is 2.16. The molecule has 1 aliphatic carbocycles. The molecule has 1 fully saturated rings. The highest BCUT2D eigenvalue weighted by Crippen LogP contribution is 2.27. The van der Waals surface area contributed by atoms with Gasteiger partial charge in [0.25, 0.3) is 0 Å². The van der Waals surface area contributed by atoms with E-state index in [-0.39, 0.29) is 0 Å². The highest BCUT2D eigenvalue weighted by atomic mass is 32.2. The highest BCUT2D eigenvalue weighted by molar-refractivity contribution is 7.85. The van der Waals surface area contributed by atoms with E-state index in [9.17, 15) is 4.21 Å². The maximum absolute atomic E-state index is 12.5. The number of hydrogen-bond acceptors (Lipinski definition) is 2. The molecule has 1 unspecified atom stereocenters. The fourth-order valence-electron chi connectivity index (χ4n) is 2.41. The van der Waals surface area contributed by atoms with E-state index in [1.165, 1.54) is 5.56 Å². The van der Waals surface area contributed by atoms with Crippen LogP contribution in [0.25, 0.3) is 0 Å². The van der Waals surface area contributed by atoms with Crippen LogP contribution in [0.4, 0.5) is 0 Å². The molecule has 0 amide bonds. The van der Waals surface area contributed by atoms with Gasteiger partial charge in [0.15, 0.2) is 0 Å². The van der Waals surface area contributed by atoms with Crippen molar-refractivity contribution in [3.63, 3.8) is 0 Å². The topological polar surface area (TPSA) is 43.1 Å². The molecule has 2 rings (SSSR count). The second kappa shape index (κ2) is 5.32. The van der Waals surface area contributed by atoms with Gasteiger partial charge >= 0.3 is 0 Å². The van der Waals surface area contributed by atoms with Crippen LogP contribution in [0.15, 0.2) is 23.1 Å². The minimum absolute atomic E-state index is 0.301. The molecule has 17 heavy (non-hydrogen) atoms. The molecule has 1 aromatic carbocycles. The number of benzene rings is 1. The molecule has 1 saturated carbocycles. The fraction of sp³-hybridized carbons (Fsp3) is 0.571. The molecule has 0 aromatic heterocycles. The lowest BCUT2D eigenvalue weighted by Crippen LogP contribution is -2.31. The Bertz CT molecular complexity index is 422. The van der Waals surface area contributed by atoms with Crippen molar-refractivity contribution in [1.82, 2.24) is 0 Å². The van der Waals surface area contributed by atoms with Gasteiger partial charge < -0.3 is 5.73 Å². The minimum atomic E-state index is -0.862. The summed E-state index contributed by atoms with van der Waals surface area (Å²) in [6, 6.07) is 6.53. The number of hydrogen-bond donors (Lipinski definition) is 1. The summed E-state index contributed by atoms with van der Waals surface area (Å²) in [6.07, 6.45) is 4.03. The Morgan fingerprint density at radius 3 is 2.47 bits per heavy atom. The van der Waals surface area contributed by atoms with Gasteiger partial charge in [-0.1, -0.05) is 12.1 Å². The standard InChI is InChI=1S/C14H21NOS/c1-10-3-4-11(2)14(9-10)17(16)13-7-5-12(15)6-8-13/h3-4,9,12-13H,5-8,15H2,1-2H3.